The Morgan fingerprint density at radius 2 is 1.58 bits per heavy atom. The topological polar surface area (TPSA) is 0 Å². The molecule has 0 saturated heterocycles. The van der Waals surface area contributed by atoms with Gasteiger partial charge in [-0.15, -0.1) is 0 Å². The lowest BCUT2D eigenvalue weighted by Gasteiger charge is -2.19. The fourth-order valence-electron chi connectivity index (χ4n) is 0.825. The Hall–Kier alpha value is -0.520. The smallest absolute Gasteiger partial charge is 0.0296 e. The molecule has 0 fully saturated rings. The van der Waals surface area contributed by atoms with Crippen LogP contribution in [0.25, 0.3) is 0 Å². The zero-order valence-electron chi connectivity index (χ0n) is 8.93. The molecule has 0 rings (SSSR count). The predicted molar refractivity (Wildman–Crippen MR) is 57.3 cm³/mol. The molecule has 0 heterocycles. The van der Waals surface area contributed by atoms with Gasteiger partial charge in [-0.2, -0.15) is 0 Å². The quantitative estimate of drug-likeness (QED) is 0.533. The van der Waals surface area contributed by atoms with E-state index in [4.69, 9.17) is 0 Å². The van der Waals surface area contributed by atoms with Crippen molar-refractivity contribution in [2.45, 2.75) is 47.0 Å². The van der Waals surface area contributed by atoms with Crippen LogP contribution >= 0.6 is 0 Å². The molecule has 0 atom stereocenters. The van der Waals surface area contributed by atoms with Gasteiger partial charge in [0.2, 0.25) is 0 Å². The molecule has 0 aromatic heterocycles. The Bertz CT molecular complexity index is 149. The van der Waals surface area contributed by atoms with Gasteiger partial charge in [0.1, 0.15) is 0 Å². The SMILES string of the molecule is CC/C=C\C=C/CC(C)(C)CC. The summed E-state index contributed by atoms with van der Waals surface area (Å²) in [6.07, 6.45) is 12.3. The molecular weight excluding hydrogens is 144 g/mol. The molecule has 0 amide bonds. The van der Waals surface area contributed by atoms with Crippen LogP contribution in [0, 0.1) is 5.41 Å². The normalized spacial score (nSPS) is 13.3. The summed E-state index contributed by atoms with van der Waals surface area (Å²) in [4.78, 5) is 0. The predicted octanol–water partition coefficient (Wildman–Crippen LogP) is 4.34. The summed E-state index contributed by atoms with van der Waals surface area (Å²) in [6.45, 7) is 9.01. The first-order valence-electron chi connectivity index (χ1n) is 4.94. The minimum Gasteiger partial charge on any atom is -0.0848 e. The Kier molecular flexibility index (Phi) is 5.79. The highest BCUT2D eigenvalue weighted by molar-refractivity contribution is 5.03. The van der Waals surface area contributed by atoms with Crippen molar-refractivity contribution < 1.29 is 0 Å². The Labute approximate surface area is 77.4 Å². The minimum atomic E-state index is 0.469. The molecule has 0 bridgehead atoms. The van der Waals surface area contributed by atoms with Crippen LogP contribution in [0.5, 0.6) is 0 Å². The van der Waals surface area contributed by atoms with Crippen molar-refractivity contribution >= 4 is 0 Å². The molecule has 0 N–H and O–H groups in total. The number of hydrogen-bond donors (Lipinski definition) is 0. The number of allylic oxidation sites excluding steroid dienone is 4. The summed E-state index contributed by atoms with van der Waals surface area (Å²) < 4.78 is 0. The third kappa shape index (κ3) is 6.21. The van der Waals surface area contributed by atoms with Crippen LogP contribution in [0.4, 0.5) is 0 Å². The largest absolute Gasteiger partial charge is 0.0848 e. The second-order valence-corrected chi connectivity index (χ2v) is 3.99. The summed E-state index contributed by atoms with van der Waals surface area (Å²) in [6, 6.07) is 0. The fraction of sp³-hybridized carbons (Fsp3) is 0.667. The first-order chi connectivity index (χ1) is 5.62. The Balaban J connectivity index is 3.66. The second kappa shape index (κ2) is 6.05. The van der Waals surface area contributed by atoms with Crippen molar-refractivity contribution in [3.63, 3.8) is 0 Å². The summed E-state index contributed by atoms with van der Waals surface area (Å²) >= 11 is 0. The van der Waals surface area contributed by atoms with Gasteiger partial charge in [-0.25, -0.2) is 0 Å². The molecule has 0 nitrogen and oxygen atoms in total. The van der Waals surface area contributed by atoms with Crippen LogP contribution in [0.15, 0.2) is 24.3 Å². The molecule has 0 radical (unpaired) electrons. The summed E-state index contributed by atoms with van der Waals surface area (Å²) in [7, 11) is 0. The molecule has 0 aromatic carbocycles. The van der Waals surface area contributed by atoms with E-state index in [1.54, 1.807) is 0 Å². The van der Waals surface area contributed by atoms with E-state index in [1.807, 2.05) is 0 Å². The van der Waals surface area contributed by atoms with Crippen molar-refractivity contribution in [3.8, 4) is 0 Å². The highest BCUT2D eigenvalue weighted by Gasteiger charge is 2.11. The van der Waals surface area contributed by atoms with E-state index < -0.39 is 0 Å². The maximum atomic E-state index is 2.31. The first-order valence-corrected chi connectivity index (χ1v) is 4.94. The van der Waals surface area contributed by atoms with Crippen molar-refractivity contribution in [1.82, 2.24) is 0 Å². The highest BCUT2D eigenvalue weighted by atomic mass is 14.2. The van der Waals surface area contributed by atoms with Crippen LogP contribution in [0.2, 0.25) is 0 Å². The van der Waals surface area contributed by atoms with E-state index in [0.717, 1.165) is 6.42 Å². The van der Waals surface area contributed by atoms with Crippen molar-refractivity contribution in [2.75, 3.05) is 0 Å². The number of hydrogen-bond acceptors (Lipinski definition) is 0. The lowest BCUT2D eigenvalue weighted by Crippen LogP contribution is -2.06. The zero-order valence-corrected chi connectivity index (χ0v) is 8.93. The van der Waals surface area contributed by atoms with E-state index >= 15 is 0 Å². The maximum Gasteiger partial charge on any atom is -0.0296 e. The molecule has 0 spiro atoms. The molecule has 0 heteroatoms. The monoisotopic (exact) mass is 166 g/mol. The van der Waals surface area contributed by atoms with Gasteiger partial charge in [-0.3, -0.25) is 0 Å². The van der Waals surface area contributed by atoms with Crippen LogP contribution < -0.4 is 0 Å². The van der Waals surface area contributed by atoms with E-state index in [-0.39, 0.29) is 0 Å². The van der Waals surface area contributed by atoms with E-state index in [0.29, 0.717) is 5.41 Å². The average Bonchev–Trinajstić information content (AvgIpc) is 2.04. The molecule has 0 aromatic rings. The number of rotatable bonds is 5. The molecule has 0 aliphatic carbocycles. The Morgan fingerprint density at radius 1 is 1.00 bits per heavy atom. The molecule has 12 heavy (non-hydrogen) atoms. The van der Waals surface area contributed by atoms with Gasteiger partial charge >= 0.3 is 0 Å². The molecule has 0 unspecified atom stereocenters. The fourth-order valence-corrected chi connectivity index (χ4v) is 0.825. The van der Waals surface area contributed by atoms with E-state index in [2.05, 4.69) is 52.0 Å². The van der Waals surface area contributed by atoms with Gasteiger partial charge in [-0.05, 0) is 18.3 Å². The average molecular weight is 166 g/mol. The van der Waals surface area contributed by atoms with Crippen molar-refractivity contribution in [1.29, 1.82) is 0 Å². The lowest BCUT2D eigenvalue weighted by atomic mass is 9.86. The first kappa shape index (κ1) is 11.5. The minimum absolute atomic E-state index is 0.469. The van der Waals surface area contributed by atoms with Gasteiger partial charge < -0.3 is 0 Å². The Morgan fingerprint density at radius 3 is 2.08 bits per heavy atom. The van der Waals surface area contributed by atoms with Gasteiger partial charge in [0.05, 0.1) is 0 Å². The molecule has 0 aliphatic heterocycles. The third-order valence-electron chi connectivity index (χ3n) is 2.25. The van der Waals surface area contributed by atoms with Gasteiger partial charge in [0, 0.05) is 0 Å². The summed E-state index contributed by atoms with van der Waals surface area (Å²) in [5.74, 6) is 0. The zero-order chi connectivity index (χ0) is 9.45. The highest BCUT2D eigenvalue weighted by Crippen LogP contribution is 2.24. The van der Waals surface area contributed by atoms with E-state index in [9.17, 15) is 0 Å². The van der Waals surface area contributed by atoms with Crippen LogP contribution in [-0.2, 0) is 0 Å². The van der Waals surface area contributed by atoms with Gasteiger partial charge in [0.15, 0.2) is 0 Å². The molecule has 0 aliphatic rings. The van der Waals surface area contributed by atoms with Gasteiger partial charge in [-0.1, -0.05) is 58.4 Å². The van der Waals surface area contributed by atoms with E-state index in [1.165, 1.54) is 12.8 Å². The summed E-state index contributed by atoms with van der Waals surface area (Å²) in [5, 5.41) is 0. The lowest BCUT2D eigenvalue weighted by molar-refractivity contribution is 0.357. The second-order valence-electron chi connectivity index (χ2n) is 3.99. The van der Waals surface area contributed by atoms with Crippen LogP contribution in [-0.4, -0.2) is 0 Å². The van der Waals surface area contributed by atoms with Crippen molar-refractivity contribution in [3.05, 3.63) is 24.3 Å². The summed E-state index contributed by atoms with van der Waals surface area (Å²) in [5.41, 5.74) is 0.469. The van der Waals surface area contributed by atoms with Gasteiger partial charge in [0.25, 0.3) is 0 Å². The standard InChI is InChI=1S/C12H22/c1-5-7-8-9-10-11-12(3,4)6-2/h7-10H,5-6,11H2,1-4H3/b8-7-,10-9-. The maximum absolute atomic E-state index is 2.31. The molecular formula is C12H22. The molecule has 0 saturated carbocycles. The third-order valence-corrected chi connectivity index (χ3v) is 2.25. The van der Waals surface area contributed by atoms with Crippen molar-refractivity contribution in [2.24, 2.45) is 5.41 Å². The van der Waals surface area contributed by atoms with Crippen LogP contribution in [0.1, 0.15) is 47.0 Å². The molecule has 70 valence electrons. The van der Waals surface area contributed by atoms with Crippen LogP contribution in [0.3, 0.4) is 0 Å².